The zero-order chi connectivity index (χ0) is 15.5. The van der Waals surface area contributed by atoms with Crippen LogP contribution in [0.5, 0.6) is 0 Å². The lowest BCUT2D eigenvalue weighted by molar-refractivity contribution is 0.0503. The summed E-state index contributed by atoms with van der Waals surface area (Å²) in [5, 5.41) is 11.7. The van der Waals surface area contributed by atoms with Gasteiger partial charge in [-0.05, 0) is 40.7 Å². The molecule has 0 aliphatic rings. The number of ether oxygens (including phenoxy) is 1. The summed E-state index contributed by atoms with van der Waals surface area (Å²) in [6.07, 6.45) is 1.22. The van der Waals surface area contributed by atoms with E-state index in [0.717, 1.165) is 0 Å². The molecule has 1 aromatic rings. The molecule has 1 unspecified atom stereocenters. The number of carboxylic acid groups (broad SMARTS) is 1. The lowest BCUT2D eigenvalue weighted by Crippen LogP contribution is -2.39. The normalized spacial score (nSPS) is 12.8. The molecule has 0 aromatic carbocycles. The van der Waals surface area contributed by atoms with Crippen molar-refractivity contribution in [2.24, 2.45) is 0 Å². The Morgan fingerprint density at radius 3 is 2.50 bits per heavy atom. The van der Waals surface area contributed by atoms with E-state index in [1.807, 2.05) is 6.92 Å². The standard InChI is InChI=1S/C14H22N2O4/c1-9(15-13(19)20-14(3,4)5)8-16-7-6-11(10(16)2)12(17)18/h6-7,9H,8H2,1-5H3,(H,15,19)(H,17,18). The second-order valence-corrected chi connectivity index (χ2v) is 5.82. The molecule has 0 aliphatic heterocycles. The summed E-state index contributed by atoms with van der Waals surface area (Å²) in [5.41, 5.74) is 0.397. The van der Waals surface area contributed by atoms with Gasteiger partial charge < -0.3 is 19.7 Å². The summed E-state index contributed by atoms with van der Waals surface area (Å²) in [6.45, 7) is 9.46. The Bertz CT molecular complexity index is 500. The second-order valence-electron chi connectivity index (χ2n) is 5.82. The van der Waals surface area contributed by atoms with Gasteiger partial charge in [0, 0.05) is 24.5 Å². The highest BCUT2D eigenvalue weighted by Gasteiger charge is 2.18. The molecule has 0 spiro atoms. The molecule has 0 bridgehead atoms. The lowest BCUT2D eigenvalue weighted by atomic mass is 10.2. The molecule has 1 rings (SSSR count). The van der Waals surface area contributed by atoms with Crippen molar-refractivity contribution in [1.82, 2.24) is 9.88 Å². The van der Waals surface area contributed by atoms with Crippen molar-refractivity contribution in [3.05, 3.63) is 23.5 Å². The number of hydrogen-bond donors (Lipinski definition) is 2. The monoisotopic (exact) mass is 282 g/mol. The molecule has 20 heavy (non-hydrogen) atoms. The van der Waals surface area contributed by atoms with Crippen LogP contribution in [-0.2, 0) is 11.3 Å². The molecule has 112 valence electrons. The first-order valence-corrected chi connectivity index (χ1v) is 6.48. The second kappa shape index (κ2) is 5.98. The van der Waals surface area contributed by atoms with Gasteiger partial charge in [-0.3, -0.25) is 0 Å². The predicted molar refractivity (Wildman–Crippen MR) is 75.0 cm³/mol. The highest BCUT2D eigenvalue weighted by Crippen LogP contribution is 2.11. The Balaban J connectivity index is 2.61. The number of carboxylic acids is 1. The first-order valence-electron chi connectivity index (χ1n) is 6.48. The molecule has 1 amide bonds. The smallest absolute Gasteiger partial charge is 0.407 e. The fourth-order valence-corrected chi connectivity index (χ4v) is 1.82. The van der Waals surface area contributed by atoms with Crippen molar-refractivity contribution >= 4 is 12.1 Å². The number of nitrogens with zero attached hydrogens (tertiary/aromatic N) is 1. The molecule has 0 saturated heterocycles. The Labute approximate surface area is 118 Å². The minimum Gasteiger partial charge on any atom is -0.478 e. The van der Waals surface area contributed by atoms with Crippen molar-refractivity contribution in [3.8, 4) is 0 Å². The molecule has 0 fully saturated rings. The third kappa shape index (κ3) is 4.60. The number of aromatic carboxylic acids is 1. The van der Waals surface area contributed by atoms with Crippen LogP contribution in [-0.4, -0.2) is 33.4 Å². The van der Waals surface area contributed by atoms with Gasteiger partial charge in [0.25, 0.3) is 0 Å². The topological polar surface area (TPSA) is 80.6 Å². The SMILES string of the molecule is Cc1c(C(=O)O)ccn1CC(C)NC(=O)OC(C)(C)C. The number of alkyl carbamates (subject to hydrolysis) is 1. The summed E-state index contributed by atoms with van der Waals surface area (Å²) in [7, 11) is 0. The fourth-order valence-electron chi connectivity index (χ4n) is 1.82. The van der Waals surface area contributed by atoms with E-state index in [2.05, 4.69) is 5.32 Å². The molecule has 0 saturated carbocycles. The first kappa shape index (κ1) is 16.1. The van der Waals surface area contributed by atoms with Crippen molar-refractivity contribution in [3.63, 3.8) is 0 Å². The van der Waals surface area contributed by atoms with E-state index < -0.39 is 17.7 Å². The summed E-state index contributed by atoms with van der Waals surface area (Å²) in [4.78, 5) is 22.6. The van der Waals surface area contributed by atoms with E-state index >= 15 is 0 Å². The number of amides is 1. The van der Waals surface area contributed by atoms with Crippen LogP contribution in [0.25, 0.3) is 0 Å². The molecular weight excluding hydrogens is 260 g/mol. The van der Waals surface area contributed by atoms with E-state index in [1.165, 1.54) is 0 Å². The van der Waals surface area contributed by atoms with Crippen LogP contribution < -0.4 is 5.32 Å². The zero-order valence-corrected chi connectivity index (χ0v) is 12.6. The van der Waals surface area contributed by atoms with Gasteiger partial charge in [0.2, 0.25) is 0 Å². The van der Waals surface area contributed by atoms with Crippen LogP contribution in [0.2, 0.25) is 0 Å². The Hall–Kier alpha value is -1.98. The molecule has 6 heteroatoms. The lowest BCUT2D eigenvalue weighted by Gasteiger charge is -2.22. The quantitative estimate of drug-likeness (QED) is 0.888. The Morgan fingerprint density at radius 1 is 1.45 bits per heavy atom. The van der Waals surface area contributed by atoms with Crippen LogP contribution >= 0.6 is 0 Å². The van der Waals surface area contributed by atoms with Crippen molar-refractivity contribution in [2.45, 2.75) is 52.8 Å². The van der Waals surface area contributed by atoms with Crippen LogP contribution in [0.15, 0.2) is 12.3 Å². The summed E-state index contributed by atoms with van der Waals surface area (Å²) in [6, 6.07) is 1.38. The average molecular weight is 282 g/mol. The maximum atomic E-state index is 11.6. The largest absolute Gasteiger partial charge is 0.478 e. The van der Waals surface area contributed by atoms with Gasteiger partial charge in [0.15, 0.2) is 0 Å². The Kier molecular flexibility index (Phi) is 4.81. The molecular formula is C14H22N2O4. The number of nitrogens with one attached hydrogen (secondary N) is 1. The van der Waals surface area contributed by atoms with Crippen molar-refractivity contribution in [2.75, 3.05) is 0 Å². The van der Waals surface area contributed by atoms with Gasteiger partial charge in [-0.15, -0.1) is 0 Å². The third-order valence-corrected chi connectivity index (χ3v) is 2.71. The van der Waals surface area contributed by atoms with Gasteiger partial charge in [0.1, 0.15) is 5.60 Å². The summed E-state index contributed by atoms with van der Waals surface area (Å²) < 4.78 is 6.96. The van der Waals surface area contributed by atoms with Crippen LogP contribution in [0.1, 0.15) is 43.7 Å². The zero-order valence-electron chi connectivity index (χ0n) is 12.6. The van der Waals surface area contributed by atoms with Crippen molar-refractivity contribution in [1.29, 1.82) is 0 Å². The highest BCUT2D eigenvalue weighted by molar-refractivity contribution is 5.88. The number of carbonyl (C=O) groups is 2. The molecule has 1 atom stereocenters. The van der Waals surface area contributed by atoms with Gasteiger partial charge in [-0.25, -0.2) is 9.59 Å². The molecule has 1 heterocycles. The minimum atomic E-state index is -0.950. The maximum absolute atomic E-state index is 11.6. The average Bonchev–Trinajstić information content (AvgIpc) is 2.57. The fraction of sp³-hybridized carbons (Fsp3) is 0.571. The van der Waals surface area contributed by atoms with E-state index in [0.29, 0.717) is 12.2 Å². The van der Waals surface area contributed by atoms with Crippen LogP contribution in [0, 0.1) is 6.92 Å². The molecule has 0 aliphatic carbocycles. The highest BCUT2D eigenvalue weighted by atomic mass is 16.6. The van der Waals surface area contributed by atoms with E-state index in [-0.39, 0.29) is 11.6 Å². The third-order valence-electron chi connectivity index (χ3n) is 2.71. The maximum Gasteiger partial charge on any atom is 0.407 e. The van der Waals surface area contributed by atoms with E-state index in [4.69, 9.17) is 9.84 Å². The molecule has 2 N–H and O–H groups in total. The van der Waals surface area contributed by atoms with Crippen LogP contribution in [0.4, 0.5) is 4.79 Å². The predicted octanol–water partition coefficient (Wildman–Crippen LogP) is 2.41. The molecule has 0 radical (unpaired) electrons. The summed E-state index contributed by atoms with van der Waals surface area (Å²) in [5.74, 6) is -0.950. The number of aromatic nitrogens is 1. The molecule has 1 aromatic heterocycles. The van der Waals surface area contributed by atoms with Gasteiger partial charge in [-0.2, -0.15) is 0 Å². The molecule has 6 nitrogen and oxygen atoms in total. The van der Waals surface area contributed by atoms with E-state index in [1.54, 1.807) is 44.5 Å². The Morgan fingerprint density at radius 2 is 2.05 bits per heavy atom. The van der Waals surface area contributed by atoms with Gasteiger partial charge >= 0.3 is 12.1 Å². The first-order chi connectivity index (χ1) is 9.10. The van der Waals surface area contributed by atoms with E-state index in [9.17, 15) is 9.59 Å². The summed E-state index contributed by atoms with van der Waals surface area (Å²) >= 11 is 0. The number of carbonyl (C=O) groups excluding carboxylic acids is 1. The van der Waals surface area contributed by atoms with Crippen LogP contribution in [0.3, 0.4) is 0 Å². The number of hydrogen-bond acceptors (Lipinski definition) is 3. The van der Waals surface area contributed by atoms with Crippen molar-refractivity contribution < 1.29 is 19.4 Å². The van der Waals surface area contributed by atoms with Gasteiger partial charge in [0.05, 0.1) is 5.56 Å². The minimum absolute atomic E-state index is 0.169. The van der Waals surface area contributed by atoms with Gasteiger partial charge in [-0.1, -0.05) is 0 Å². The number of rotatable bonds is 4.